The number of nitrogens with zero attached hydrogens (tertiary/aromatic N) is 6. The summed E-state index contributed by atoms with van der Waals surface area (Å²) in [6.07, 6.45) is 2.00. The molecule has 0 fully saturated rings. The Morgan fingerprint density at radius 1 is 0.976 bits per heavy atom. The van der Waals surface area contributed by atoms with Crippen LogP contribution < -0.4 is 15.0 Å². The zero-order valence-electron chi connectivity index (χ0n) is 24.0. The van der Waals surface area contributed by atoms with Crippen LogP contribution in [0.25, 0.3) is 5.95 Å². The summed E-state index contributed by atoms with van der Waals surface area (Å²) in [5.74, 6) is 1.45. The minimum atomic E-state index is -0.356. The molecule has 5 rings (SSSR count). The molecule has 2 aromatic heterocycles. The van der Waals surface area contributed by atoms with Crippen LogP contribution in [0.15, 0.2) is 70.6 Å². The molecule has 0 N–H and O–H groups in total. The first kappa shape index (κ1) is 27.8. The number of hydrazone groups is 1. The van der Waals surface area contributed by atoms with Crippen LogP contribution in [-0.4, -0.2) is 50.2 Å². The van der Waals surface area contributed by atoms with Crippen LogP contribution in [0.1, 0.15) is 54.0 Å². The number of aryl methyl sites for hydroxylation is 3. The van der Waals surface area contributed by atoms with E-state index in [1.807, 2.05) is 75.4 Å². The average molecular weight is 555 g/mol. The van der Waals surface area contributed by atoms with Gasteiger partial charge in [0.05, 0.1) is 31.7 Å². The van der Waals surface area contributed by atoms with E-state index in [0.29, 0.717) is 24.5 Å². The number of amides is 1. The third kappa shape index (κ3) is 5.77. The SMILES string of the molecule is CCCc1cc(=O)n(CC(=O)N2N=C(c3ccc(OC)cc3)CC2c2ccc(OC)cc2)c(-n2nc(C)cc2C)n1. The Kier molecular flexibility index (Phi) is 8.00. The van der Waals surface area contributed by atoms with Gasteiger partial charge in [-0.2, -0.15) is 10.2 Å². The first-order chi connectivity index (χ1) is 19.8. The zero-order chi connectivity index (χ0) is 29.1. The van der Waals surface area contributed by atoms with Gasteiger partial charge < -0.3 is 9.47 Å². The van der Waals surface area contributed by atoms with Crippen molar-refractivity contribution < 1.29 is 14.3 Å². The van der Waals surface area contributed by atoms with Crippen LogP contribution in [0.3, 0.4) is 0 Å². The Bertz CT molecular complexity index is 1640. The molecular weight excluding hydrogens is 520 g/mol. The van der Waals surface area contributed by atoms with Crippen molar-refractivity contribution in [2.45, 2.75) is 52.6 Å². The lowest BCUT2D eigenvalue weighted by molar-refractivity contribution is -0.133. The minimum Gasteiger partial charge on any atom is -0.497 e. The molecule has 10 heteroatoms. The van der Waals surface area contributed by atoms with Crippen molar-refractivity contribution in [2.75, 3.05) is 14.2 Å². The predicted molar refractivity (Wildman–Crippen MR) is 156 cm³/mol. The lowest BCUT2D eigenvalue weighted by atomic mass is 9.98. The van der Waals surface area contributed by atoms with Gasteiger partial charge >= 0.3 is 0 Å². The number of methoxy groups -OCH3 is 2. The van der Waals surface area contributed by atoms with Crippen molar-refractivity contribution >= 4 is 11.6 Å². The molecule has 1 unspecified atom stereocenters. The Balaban J connectivity index is 1.54. The molecule has 0 aliphatic carbocycles. The highest BCUT2D eigenvalue weighted by atomic mass is 16.5. The molecule has 0 bridgehead atoms. The third-order valence-corrected chi connectivity index (χ3v) is 7.13. The van der Waals surface area contributed by atoms with Crippen LogP contribution in [0, 0.1) is 13.8 Å². The summed E-state index contributed by atoms with van der Waals surface area (Å²) in [5.41, 5.74) is 4.55. The van der Waals surface area contributed by atoms with Crippen molar-refractivity contribution in [3.05, 3.63) is 99.2 Å². The number of aromatic nitrogens is 4. The predicted octanol–water partition coefficient (Wildman–Crippen LogP) is 4.39. The zero-order valence-corrected chi connectivity index (χ0v) is 24.0. The van der Waals surface area contributed by atoms with Gasteiger partial charge in [0.25, 0.3) is 11.5 Å². The van der Waals surface area contributed by atoms with Gasteiger partial charge in [-0.15, -0.1) is 0 Å². The van der Waals surface area contributed by atoms with Crippen LogP contribution in [0.4, 0.5) is 0 Å². The van der Waals surface area contributed by atoms with E-state index < -0.39 is 0 Å². The van der Waals surface area contributed by atoms with Crippen molar-refractivity contribution in [3.8, 4) is 17.4 Å². The maximum atomic E-state index is 14.0. The molecule has 0 spiro atoms. The number of hydrogen-bond donors (Lipinski definition) is 0. The molecule has 3 heterocycles. The van der Waals surface area contributed by atoms with Crippen LogP contribution in [-0.2, 0) is 17.8 Å². The number of ether oxygens (including phenoxy) is 2. The topological polar surface area (TPSA) is 104 Å². The van der Waals surface area contributed by atoms with Crippen LogP contribution >= 0.6 is 0 Å². The number of hydrogen-bond acceptors (Lipinski definition) is 7. The summed E-state index contributed by atoms with van der Waals surface area (Å²) >= 11 is 0. The second kappa shape index (κ2) is 11.8. The molecule has 1 atom stereocenters. The van der Waals surface area contributed by atoms with Crippen molar-refractivity contribution in [3.63, 3.8) is 0 Å². The Hall–Kier alpha value is -4.73. The number of carbonyl (C=O) groups excluding carboxylic acids is 1. The highest BCUT2D eigenvalue weighted by Crippen LogP contribution is 2.34. The molecule has 1 aliphatic rings. The summed E-state index contributed by atoms with van der Waals surface area (Å²) in [7, 11) is 3.23. The summed E-state index contributed by atoms with van der Waals surface area (Å²) in [6, 6.07) is 18.3. The standard InChI is InChI=1S/C31H34N6O4/c1-6-7-24-17-29(38)35(31(32-24)36-21(3)16-20(2)33-36)19-30(39)37-28(23-10-14-26(41-5)15-11-23)18-27(34-37)22-8-12-25(40-4)13-9-22/h8-17,28H,6-7,18-19H2,1-5H3. The van der Waals surface area contributed by atoms with E-state index in [0.717, 1.165) is 46.1 Å². The normalized spacial score (nSPS) is 14.7. The lowest BCUT2D eigenvalue weighted by Crippen LogP contribution is -2.36. The van der Waals surface area contributed by atoms with Crippen LogP contribution in [0.2, 0.25) is 0 Å². The molecule has 10 nitrogen and oxygen atoms in total. The highest BCUT2D eigenvalue weighted by Gasteiger charge is 2.34. The average Bonchev–Trinajstić information content (AvgIpc) is 3.57. The van der Waals surface area contributed by atoms with E-state index in [4.69, 9.17) is 19.6 Å². The fourth-order valence-corrected chi connectivity index (χ4v) is 5.06. The molecule has 41 heavy (non-hydrogen) atoms. The van der Waals surface area contributed by atoms with E-state index in [2.05, 4.69) is 5.10 Å². The van der Waals surface area contributed by atoms with Gasteiger partial charge in [-0.25, -0.2) is 14.7 Å². The van der Waals surface area contributed by atoms with Gasteiger partial charge in [-0.3, -0.25) is 14.2 Å². The van der Waals surface area contributed by atoms with E-state index in [9.17, 15) is 9.59 Å². The molecule has 2 aromatic carbocycles. The molecule has 0 saturated carbocycles. The second-order valence-electron chi connectivity index (χ2n) is 10.1. The van der Waals surface area contributed by atoms with Gasteiger partial charge in [0, 0.05) is 23.9 Å². The smallest absolute Gasteiger partial charge is 0.263 e. The molecule has 0 radical (unpaired) electrons. The Morgan fingerprint density at radius 3 is 2.22 bits per heavy atom. The summed E-state index contributed by atoms with van der Waals surface area (Å²) in [4.78, 5) is 32.1. The fourth-order valence-electron chi connectivity index (χ4n) is 5.06. The maximum absolute atomic E-state index is 14.0. The second-order valence-corrected chi connectivity index (χ2v) is 10.1. The number of benzene rings is 2. The quantitative estimate of drug-likeness (QED) is 0.304. The molecule has 4 aromatic rings. The van der Waals surface area contributed by atoms with Gasteiger partial charge in [0.1, 0.15) is 18.0 Å². The largest absolute Gasteiger partial charge is 0.497 e. The van der Waals surface area contributed by atoms with Crippen molar-refractivity contribution in [1.82, 2.24) is 24.3 Å². The van der Waals surface area contributed by atoms with E-state index in [1.54, 1.807) is 18.9 Å². The highest BCUT2D eigenvalue weighted by molar-refractivity contribution is 6.03. The minimum absolute atomic E-state index is 0.238. The Labute approximate surface area is 238 Å². The van der Waals surface area contributed by atoms with Gasteiger partial charge in [0.15, 0.2) is 0 Å². The van der Waals surface area contributed by atoms with Gasteiger partial charge in [-0.1, -0.05) is 25.5 Å². The summed E-state index contributed by atoms with van der Waals surface area (Å²) in [5, 5.41) is 10.8. The summed E-state index contributed by atoms with van der Waals surface area (Å²) < 4.78 is 13.6. The molecule has 0 saturated heterocycles. The monoisotopic (exact) mass is 554 g/mol. The first-order valence-corrected chi connectivity index (χ1v) is 13.6. The molecule has 1 amide bonds. The van der Waals surface area contributed by atoms with E-state index in [1.165, 1.54) is 15.6 Å². The number of carbonyl (C=O) groups is 1. The lowest BCUT2D eigenvalue weighted by Gasteiger charge is -2.23. The first-order valence-electron chi connectivity index (χ1n) is 13.6. The fraction of sp³-hybridized carbons (Fsp3) is 0.323. The van der Waals surface area contributed by atoms with Gasteiger partial charge in [0.2, 0.25) is 5.95 Å². The third-order valence-electron chi connectivity index (χ3n) is 7.13. The van der Waals surface area contributed by atoms with E-state index >= 15 is 0 Å². The maximum Gasteiger partial charge on any atom is 0.263 e. The number of rotatable bonds is 9. The Morgan fingerprint density at radius 2 is 1.63 bits per heavy atom. The molecule has 212 valence electrons. The van der Waals surface area contributed by atoms with Crippen LogP contribution in [0.5, 0.6) is 11.5 Å². The summed E-state index contributed by atoms with van der Waals surface area (Å²) in [6.45, 7) is 5.57. The van der Waals surface area contributed by atoms with Gasteiger partial charge in [-0.05, 0) is 73.9 Å². The van der Waals surface area contributed by atoms with Crippen molar-refractivity contribution in [1.29, 1.82) is 0 Å². The van der Waals surface area contributed by atoms with Crippen molar-refractivity contribution in [2.24, 2.45) is 5.10 Å². The van der Waals surface area contributed by atoms with E-state index in [-0.39, 0.29) is 24.1 Å². The molecule has 1 aliphatic heterocycles. The molecular formula is C31H34N6O4.